The van der Waals surface area contributed by atoms with Crippen LogP contribution in [0.3, 0.4) is 0 Å². The Balaban J connectivity index is 1.97. The van der Waals surface area contributed by atoms with Gasteiger partial charge in [0.2, 0.25) is 5.91 Å². The molecule has 2 N–H and O–H groups in total. The summed E-state index contributed by atoms with van der Waals surface area (Å²) in [5.41, 5.74) is 0.958. The maximum Gasteiger partial charge on any atom is 0.312 e. The zero-order chi connectivity index (χ0) is 15.0. The highest BCUT2D eigenvalue weighted by Gasteiger charge is 2.46. The summed E-state index contributed by atoms with van der Waals surface area (Å²) in [6.07, 6.45) is 2.53. The van der Waals surface area contributed by atoms with Gasteiger partial charge in [0, 0.05) is 12.2 Å². The van der Waals surface area contributed by atoms with Crippen LogP contribution in [0.4, 0.5) is 5.69 Å². The van der Waals surface area contributed by atoms with Crippen LogP contribution >= 0.6 is 0 Å². The number of hydrogen-bond acceptors (Lipinski definition) is 3. The van der Waals surface area contributed by atoms with Crippen LogP contribution in [-0.2, 0) is 9.59 Å². The van der Waals surface area contributed by atoms with Crippen molar-refractivity contribution in [1.82, 2.24) is 5.32 Å². The minimum absolute atomic E-state index is 0.0127. The SMILES string of the molecule is CCC1(C(=O)N2CC(C(=O)O)c3ccccc32)CCCN1. The molecular formula is C16H20N2O3. The van der Waals surface area contributed by atoms with Gasteiger partial charge in [-0.15, -0.1) is 0 Å². The molecule has 0 saturated carbocycles. The Morgan fingerprint density at radius 3 is 2.81 bits per heavy atom. The third-order valence-corrected chi connectivity index (χ3v) is 4.77. The summed E-state index contributed by atoms with van der Waals surface area (Å²) >= 11 is 0. The second-order valence-electron chi connectivity index (χ2n) is 5.83. The summed E-state index contributed by atoms with van der Waals surface area (Å²) in [6.45, 7) is 3.08. The second kappa shape index (κ2) is 5.15. The molecule has 2 aliphatic rings. The van der Waals surface area contributed by atoms with Crippen LogP contribution in [0.5, 0.6) is 0 Å². The molecule has 0 spiro atoms. The van der Waals surface area contributed by atoms with Crippen molar-refractivity contribution in [3.05, 3.63) is 29.8 Å². The summed E-state index contributed by atoms with van der Waals surface area (Å²) in [5.74, 6) is -1.48. The van der Waals surface area contributed by atoms with Crippen LogP contribution in [0.15, 0.2) is 24.3 Å². The Bertz CT molecular complexity index is 579. The van der Waals surface area contributed by atoms with Crippen LogP contribution in [0.25, 0.3) is 0 Å². The summed E-state index contributed by atoms with van der Waals surface area (Å²) in [7, 11) is 0. The van der Waals surface area contributed by atoms with Gasteiger partial charge in [-0.25, -0.2) is 0 Å². The molecule has 0 radical (unpaired) electrons. The van der Waals surface area contributed by atoms with Gasteiger partial charge < -0.3 is 15.3 Å². The predicted octanol–water partition coefficient (Wildman–Crippen LogP) is 1.73. The first-order valence-electron chi connectivity index (χ1n) is 7.48. The van der Waals surface area contributed by atoms with E-state index in [2.05, 4.69) is 5.32 Å². The average molecular weight is 288 g/mol. The molecule has 3 rings (SSSR count). The van der Waals surface area contributed by atoms with Gasteiger partial charge in [-0.1, -0.05) is 25.1 Å². The molecule has 5 nitrogen and oxygen atoms in total. The van der Waals surface area contributed by atoms with E-state index in [4.69, 9.17) is 0 Å². The average Bonchev–Trinajstić information content (AvgIpc) is 3.12. The monoisotopic (exact) mass is 288 g/mol. The number of benzene rings is 1. The molecule has 1 saturated heterocycles. The highest BCUT2D eigenvalue weighted by Crippen LogP contribution is 2.39. The lowest BCUT2D eigenvalue weighted by molar-refractivity contribution is -0.138. The highest BCUT2D eigenvalue weighted by atomic mass is 16.4. The van der Waals surface area contributed by atoms with Crippen LogP contribution in [0.1, 0.15) is 37.7 Å². The first-order chi connectivity index (χ1) is 10.1. The number of carbonyl (C=O) groups excluding carboxylic acids is 1. The number of hydrogen-bond donors (Lipinski definition) is 2. The van der Waals surface area contributed by atoms with E-state index in [0.717, 1.165) is 37.1 Å². The third-order valence-electron chi connectivity index (χ3n) is 4.77. The maximum absolute atomic E-state index is 13.0. The molecule has 21 heavy (non-hydrogen) atoms. The molecule has 1 aromatic carbocycles. The topological polar surface area (TPSA) is 69.6 Å². The van der Waals surface area contributed by atoms with Crippen LogP contribution < -0.4 is 10.2 Å². The fourth-order valence-corrected chi connectivity index (χ4v) is 3.51. The predicted molar refractivity (Wildman–Crippen MR) is 79.4 cm³/mol. The van der Waals surface area contributed by atoms with Crippen molar-refractivity contribution in [2.45, 2.75) is 37.6 Å². The smallest absolute Gasteiger partial charge is 0.312 e. The van der Waals surface area contributed by atoms with Crippen molar-refractivity contribution >= 4 is 17.6 Å². The molecule has 5 heteroatoms. The van der Waals surface area contributed by atoms with Crippen molar-refractivity contribution in [2.75, 3.05) is 18.0 Å². The molecule has 112 valence electrons. The largest absolute Gasteiger partial charge is 0.481 e. The number of nitrogens with zero attached hydrogens (tertiary/aromatic N) is 1. The number of carbonyl (C=O) groups is 2. The van der Waals surface area contributed by atoms with Gasteiger partial charge in [0.1, 0.15) is 5.92 Å². The first-order valence-corrected chi connectivity index (χ1v) is 7.48. The van der Waals surface area contributed by atoms with Crippen molar-refractivity contribution in [3.63, 3.8) is 0 Å². The summed E-state index contributed by atoms with van der Waals surface area (Å²) in [6, 6.07) is 7.33. The molecule has 1 fully saturated rings. The Hall–Kier alpha value is -1.88. The van der Waals surface area contributed by atoms with Crippen molar-refractivity contribution in [2.24, 2.45) is 0 Å². The zero-order valence-electron chi connectivity index (χ0n) is 12.1. The molecule has 0 aliphatic carbocycles. The zero-order valence-corrected chi connectivity index (χ0v) is 12.1. The van der Waals surface area contributed by atoms with Gasteiger partial charge in [0.25, 0.3) is 0 Å². The van der Waals surface area contributed by atoms with E-state index in [1.54, 1.807) is 4.90 Å². The fraction of sp³-hybridized carbons (Fsp3) is 0.500. The Morgan fingerprint density at radius 2 is 2.19 bits per heavy atom. The standard InChI is InChI=1S/C16H20N2O3/c1-2-16(8-5-9-17-16)15(21)18-10-12(14(19)20)11-6-3-4-7-13(11)18/h3-4,6-7,12,17H,2,5,8-10H2,1H3,(H,19,20). The number of nitrogens with one attached hydrogen (secondary N) is 1. The Morgan fingerprint density at radius 1 is 1.43 bits per heavy atom. The van der Waals surface area contributed by atoms with E-state index in [0.29, 0.717) is 0 Å². The lowest BCUT2D eigenvalue weighted by Crippen LogP contribution is -2.54. The summed E-state index contributed by atoms with van der Waals surface area (Å²) in [4.78, 5) is 26.1. The normalized spacial score (nSPS) is 27.7. The number of amides is 1. The molecular weight excluding hydrogens is 268 g/mol. The fourth-order valence-electron chi connectivity index (χ4n) is 3.51. The molecule has 0 aromatic heterocycles. The third kappa shape index (κ3) is 2.12. The minimum atomic E-state index is -0.873. The number of fused-ring (bicyclic) bond motifs is 1. The maximum atomic E-state index is 13.0. The van der Waals surface area contributed by atoms with Gasteiger partial charge in [0.05, 0.1) is 5.54 Å². The second-order valence-corrected chi connectivity index (χ2v) is 5.83. The molecule has 2 atom stereocenters. The number of anilines is 1. The van der Waals surface area contributed by atoms with Crippen molar-refractivity contribution in [1.29, 1.82) is 0 Å². The lowest BCUT2D eigenvalue weighted by Gasteiger charge is -2.32. The van der Waals surface area contributed by atoms with Gasteiger partial charge in [-0.3, -0.25) is 9.59 Å². The van der Waals surface area contributed by atoms with E-state index in [1.165, 1.54) is 0 Å². The highest BCUT2D eigenvalue weighted by molar-refractivity contribution is 6.04. The van der Waals surface area contributed by atoms with E-state index in [9.17, 15) is 14.7 Å². The van der Waals surface area contributed by atoms with Gasteiger partial charge in [-0.05, 0) is 37.4 Å². The van der Waals surface area contributed by atoms with Crippen LogP contribution in [0, 0.1) is 0 Å². The van der Waals surface area contributed by atoms with Gasteiger partial charge >= 0.3 is 5.97 Å². The van der Waals surface area contributed by atoms with Gasteiger partial charge in [0.15, 0.2) is 0 Å². The molecule has 2 heterocycles. The van der Waals surface area contributed by atoms with E-state index >= 15 is 0 Å². The minimum Gasteiger partial charge on any atom is -0.481 e. The van der Waals surface area contributed by atoms with Crippen molar-refractivity contribution in [3.8, 4) is 0 Å². The van der Waals surface area contributed by atoms with E-state index in [1.807, 2.05) is 31.2 Å². The van der Waals surface area contributed by atoms with Crippen molar-refractivity contribution < 1.29 is 14.7 Å². The summed E-state index contributed by atoms with van der Waals surface area (Å²) in [5, 5.41) is 12.7. The van der Waals surface area contributed by atoms with E-state index in [-0.39, 0.29) is 12.5 Å². The molecule has 1 aromatic rings. The number of aliphatic carboxylic acids is 1. The molecule has 0 bridgehead atoms. The Labute approximate surface area is 123 Å². The van der Waals surface area contributed by atoms with E-state index < -0.39 is 17.4 Å². The lowest BCUT2D eigenvalue weighted by atomic mass is 9.92. The number of para-hydroxylation sites is 1. The van der Waals surface area contributed by atoms with Crippen LogP contribution in [-0.4, -0.2) is 35.6 Å². The summed E-state index contributed by atoms with van der Waals surface area (Å²) < 4.78 is 0. The van der Waals surface area contributed by atoms with Crippen LogP contribution in [0.2, 0.25) is 0 Å². The molecule has 2 unspecified atom stereocenters. The number of carboxylic acids is 1. The Kier molecular flexibility index (Phi) is 3.45. The molecule has 2 aliphatic heterocycles. The number of rotatable bonds is 3. The number of carboxylic acid groups (broad SMARTS) is 1. The first kappa shape index (κ1) is 14.1. The van der Waals surface area contributed by atoms with Gasteiger partial charge in [-0.2, -0.15) is 0 Å². The molecule has 1 amide bonds. The quantitative estimate of drug-likeness (QED) is 0.889.